The summed E-state index contributed by atoms with van der Waals surface area (Å²) in [6, 6.07) is 1.77. The number of hydrogen-bond donors (Lipinski definition) is 0. The Kier molecular flexibility index (Phi) is 5.24. The highest BCUT2D eigenvalue weighted by Crippen LogP contribution is 2.24. The molecule has 3 rings (SSSR count). The van der Waals surface area contributed by atoms with Gasteiger partial charge in [0, 0.05) is 35.8 Å². The van der Waals surface area contributed by atoms with Gasteiger partial charge in [-0.05, 0) is 34.8 Å². The molecule has 0 saturated carbocycles. The minimum Gasteiger partial charge on any atom is -0.477 e. The summed E-state index contributed by atoms with van der Waals surface area (Å²) in [6.45, 7) is 1.19. The van der Waals surface area contributed by atoms with Crippen LogP contribution >= 0.6 is 15.9 Å². The maximum absolute atomic E-state index is 12.6. The van der Waals surface area contributed by atoms with Crippen LogP contribution in [-0.2, 0) is 0 Å². The van der Waals surface area contributed by atoms with Crippen LogP contribution in [0.5, 0.6) is 11.8 Å². The summed E-state index contributed by atoms with van der Waals surface area (Å²) in [6.07, 6.45) is 7.89. The number of likely N-dealkylation sites (tertiary alicyclic amines) is 1. The third-order valence-corrected chi connectivity index (χ3v) is 4.16. The van der Waals surface area contributed by atoms with Crippen molar-refractivity contribution in [1.29, 1.82) is 0 Å². The number of hydrogen-bond acceptors (Lipinski definition) is 6. The fourth-order valence-electron chi connectivity index (χ4n) is 2.62. The van der Waals surface area contributed by atoms with E-state index in [1.807, 2.05) is 0 Å². The standard InChI is InChI=1S/C16H17BrN4O3/c1-23-14-15(20-5-4-19-14)24-13-3-2-6-21(10-13)16(22)11-7-12(17)9-18-8-11/h4-5,7-9,13H,2-3,6,10H2,1H3. The number of aromatic nitrogens is 3. The van der Waals surface area contributed by atoms with Gasteiger partial charge in [-0.15, -0.1) is 0 Å². The highest BCUT2D eigenvalue weighted by atomic mass is 79.9. The van der Waals surface area contributed by atoms with E-state index in [4.69, 9.17) is 9.47 Å². The number of amides is 1. The van der Waals surface area contributed by atoms with E-state index in [-0.39, 0.29) is 12.0 Å². The van der Waals surface area contributed by atoms with Crippen LogP contribution in [0, 0.1) is 0 Å². The number of piperidine rings is 1. The Hall–Kier alpha value is -2.22. The van der Waals surface area contributed by atoms with E-state index < -0.39 is 0 Å². The van der Waals surface area contributed by atoms with E-state index in [1.54, 1.807) is 35.8 Å². The van der Waals surface area contributed by atoms with Crippen LogP contribution < -0.4 is 9.47 Å². The Morgan fingerprint density at radius 3 is 2.83 bits per heavy atom. The monoisotopic (exact) mass is 392 g/mol. The highest BCUT2D eigenvalue weighted by molar-refractivity contribution is 9.10. The summed E-state index contributed by atoms with van der Waals surface area (Å²) in [5.41, 5.74) is 0.558. The van der Waals surface area contributed by atoms with Gasteiger partial charge in [0.2, 0.25) is 0 Å². The molecule has 1 amide bonds. The lowest BCUT2D eigenvalue weighted by Gasteiger charge is -2.32. The zero-order valence-electron chi connectivity index (χ0n) is 13.2. The summed E-state index contributed by atoms with van der Waals surface area (Å²) < 4.78 is 11.8. The predicted octanol–water partition coefficient (Wildman–Crippen LogP) is 2.33. The predicted molar refractivity (Wildman–Crippen MR) is 90.1 cm³/mol. The van der Waals surface area contributed by atoms with Gasteiger partial charge in [0.15, 0.2) is 0 Å². The lowest BCUT2D eigenvalue weighted by Crippen LogP contribution is -2.44. The van der Waals surface area contributed by atoms with Crippen molar-refractivity contribution in [2.24, 2.45) is 0 Å². The lowest BCUT2D eigenvalue weighted by atomic mass is 10.1. The third kappa shape index (κ3) is 3.81. The van der Waals surface area contributed by atoms with Crippen molar-refractivity contribution < 1.29 is 14.3 Å². The normalized spacial score (nSPS) is 17.4. The van der Waals surface area contributed by atoms with Crippen LogP contribution in [0.3, 0.4) is 0 Å². The number of halogens is 1. The number of carbonyl (C=O) groups excluding carboxylic acids is 1. The average Bonchev–Trinajstić information content (AvgIpc) is 2.62. The van der Waals surface area contributed by atoms with E-state index in [9.17, 15) is 4.79 Å². The van der Waals surface area contributed by atoms with E-state index in [1.165, 1.54) is 7.11 Å². The molecule has 0 N–H and O–H groups in total. The fraction of sp³-hybridized carbons (Fsp3) is 0.375. The molecule has 1 atom stereocenters. The molecule has 24 heavy (non-hydrogen) atoms. The number of carbonyl (C=O) groups is 1. The molecule has 0 spiro atoms. The van der Waals surface area contributed by atoms with Crippen molar-refractivity contribution in [3.8, 4) is 11.8 Å². The number of methoxy groups -OCH3 is 1. The van der Waals surface area contributed by atoms with Crippen LogP contribution in [0.1, 0.15) is 23.2 Å². The average molecular weight is 393 g/mol. The molecule has 7 nitrogen and oxygen atoms in total. The van der Waals surface area contributed by atoms with E-state index in [0.29, 0.717) is 30.4 Å². The Bertz CT molecular complexity index is 728. The maximum atomic E-state index is 12.6. The molecule has 0 bridgehead atoms. The summed E-state index contributed by atoms with van der Waals surface area (Å²) in [7, 11) is 1.52. The van der Waals surface area contributed by atoms with Crippen molar-refractivity contribution in [3.63, 3.8) is 0 Å². The zero-order chi connectivity index (χ0) is 16.9. The van der Waals surface area contributed by atoms with Gasteiger partial charge in [-0.2, -0.15) is 0 Å². The summed E-state index contributed by atoms with van der Waals surface area (Å²) in [5.74, 6) is 0.642. The summed E-state index contributed by atoms with van der Waals surface area (Å²) >= 11 is 3.34. The SMILES string of the molecule is COc1nccnc1OC1CCCN(C(=O)c2cncc(Br)c2)C1. The highest BCUT2D eigenvalue weighted by Gasteiger charge is 2.27. The molecule has 0 radical (unpaired) electrons. The van der Waals surface area contributed by atoms with Gasteiger partial charge in [0.25, 0.3) is 17.7 Å². The molecular weight excluding hydrogens is 376 g/mol. The number of ether oxygens (including phenoxy) is 2. The zero-order valence-corrected chi connectivity index (χ0v) is 14.8. The van der Waals surface area contributed by atoms with Crippen LogP contribution in [-0.4, -0.2) is 52.1 Å². The molecule has 3 heterocycles. The second kappa shape index (κ2) is 7.57. The minimum absolute atomic E-state index is 0.0526. The van der Waals surface area contributed by atoms with Gasteiger partial charge in [-0.25, -0.2) is 9.97 Å². The smallest absolute Gasteiger partial charge is 0.278 e. The van der Waals surface area contributed by atoms with E-state index in [0.717, 1.165) is 17.3 Å². The Morgan fingerprint density at radius 2 is 2.08 bits per heavy atom. The first-order chi connectivity index (χ1) is 11.7. The van der Waals surface area contributed by atoms with E-state index in [2.05, 4.69) is 30.9 Å². The Labute approximate surface area is 148 Å². The van der Waals surface area contributed by atoms with Gasteiger partial charge in [-0.1, -0.05) is 0 Å². The quantitative estimate of drug-likeness (QED) is 0.794. The first-order valence-corrected chi connectivity index (χ1v) is 8.38. The Morgan fingerprint density at radius 1 is 1.29 bits per heavy atom. The minimum atomic E-state index is -0.145. The lowest BCUT2D eigenvalue weighted by molar-refractivity contribution is 0.0519. The molecule has 0 aromatic carbocycles. The first-order valence-electron chi connectivity index (χ1n) is 7.59. The van der Waals surface area contributed by atoms with Crippen molar-refractivity contribution >= 4 is 21.8 Å². The van der Waals surface area contributed by atoms with Crippen LogP contribution in [0.4, 0.5) is 0 Å². The molecule has 1 aliphatic rings. The molecule has 2 aromatic heterocycles. The van der Waals surface area contributed by atoms with Crippen LogP contribution in [0.2, 0.25) is 0 Å². The number of rotatable bonds is 4. The third-order valence-electron chi connectivity index (χ3n) is 3.72. The van der Waals surface area contributed by atoms with Crippen molar-refractivity contribution in [1.82, 2.24) is 19.9 Å². The topological polar surface area (TPSA) is 77.4 Å². The van der Waals surface area contributed by atoms with E-state index >= 15 is 0 Å². The van der Waals surface area contributed by atoms with Gasteiger partial charge < -0.3 is 14.4 Å². The van der Waals surface area contributed by atoms with Crippen molar-refractivity contribution in [2.45, 2.75) is 18.9 Å². The molecular formula is C16H17BrN4O3. The molecule has 2 aromatic rings. The van der Waals surface area contributed by atoms with Crippen molar-refractivity contribution in [3.05, 3.63) is 40.9 Å². The summed E-state index contributed by atoms with van der Waals surface area (Å²) in [4.78, 5) is 26.7. The van der Waals surface area contributed by atoms with Gasteiger partial charge in [-0.3, -0.25) is 9.78 Å². The Balaban J connectivity index is 1.69. The first kappa shape index (κ1) is 16.6. The molecule has 8 heteroatoms. The van der Waals surface area contributed by atoms with Crippen LogP contribution in [0.25, 0.3) is 0 Å². The second-order valence-electron chi connectivity index (χ2n) is 5.40. The molecule has 0 aliphatic carbocycles. The largest absolute Gasteiger partial charge is 0.477 e. The van der Waals surface area contributed by atoms with Crippen LogP contribution in [0.15, 0.2) is 35.3 Å². The van der Waals surface area contributed by atoms with Gasteiger partial charge in [0.05, 0.1) is 19.2 Å². The molecule has 1 saturated heterocycles. The molecule has 126 valence electrons. The maximum Gasteiger partial charge on any atom is 0.278 e. The molecule has 1 aliphatic heterocycles. The number of nitrogens with zero attached hydrogens (tertiary/aromatic N) is 4. The van der Waals surface area contributed by atoms with Crippen molar-refractivity contribution in [2.75, 3.05) is 20.2 Å². The summed E-state index contributed by atoms with van der Waals surface area (Å²) in [5, 5.41) is 0. The van der Waals surface area contributed by atoms with Gasteiger partial charge >= 0.3 is 0 Å². The fourth-order valence-corrected chi connectivity index (χ4v) is 2.99. The number of pyridine rings is 1. The molecule has 1 fully saturated rings. The second-order valence-corrected chi connectivity index (χ2v) is 6.31. The van der Waals surface area contributed by atoms with Gasteiger partial charge in [0.1, 0.15) is 6.10 Å². The molecule has 1 unspecified atom stereocenters.